The van der Waals surface area contributed by atoms with Crippen LogP contribution in [0.2, 0.25) is 0 Å². The Morgan fingerprint density at radius 2 is 1.83 bits per heavy atom. The van der Waals surface area contributed by atoms with Gasteiger partial charge in [0, 0.05) is 12.0 Å². The van der Waals surface area contributed by atoms with Crippen LogP contribution in [0.1, 0.15) is 98.1 Å². The second-order valence-corrected chi connectivity index (χ2v) is 20.2. The van der Waals surface area contributed by atoms with Crippen molar-refractivity contribution in [3.05, 3.63) is 23.9 Å². The molecule has 1 aromatic heterocycles. The number of nitrogens with one attached hydrogen (secondary N) is 3. The van der Waals surface area contributed by atoms with Crippen molar-refractivity contribution in [3.63, 3.8) is 0 Å². The topological polar surface area (TPSA) is 195 Å². The highest BCUT2D eigenvalue weighted by Crippen LogP contribution is 2.50. The summed E-state index contributed by atoms with van der Waals surface area (Å²) in [5.74, 6) is -4.14. The lowest BCUT2D eigenvalue weighted by molar-refractivity contribution is -0.144. The lowest BCUT2D eigenvalue weighted by Crippen LogP contribution is -2.61. The molecule has 4 fully saturated rings. The van der Waals surface area contributed by atoms with Gasteiger partial charge in [-0.15, -0.1) is 0 Å². The minimum Gasteiger partial charge on any atom is -0.497 e. The van der Waals surface area contributed by atoms with E-state index in [0.29, 0.717) is 60.5 Å². The molecule has 3 saturated carbocycles. The summed E-state index contributed by atoms with van der Waals surface area (Å²) in [5, 5.41) is 5.26. The summed E-state index contributed by atoms with van der Waals surface area (Å²) in [6.45, 7) is 8.31. The van der Waals surface area contributed by atoms with Gasteiger partial charge in [0.2, 0.25) is 34.1 Å². The Labute approximate surface area is 337 Å². The molecule has 1 aromatic carbocycles. The number of carbonyl (C=O) groups excluding carboxylic acids is 4. The van der Waals surface area contributed by atoms with Gasteiger partial charge in [0.15, 0.2) is 0 Å². The highest BCUT2D eigenvalue weighted by molar-refractivity contribution is 7.91. The zero-order chi connectivity index (χ0) is 41.9. The Morgan fingerprint density at radius 1 is 1.10 bits per heavy atom. The number of methoxy groups -OCH3 is 1. The predicted molar refractivity (Wildman–Crippen MR) is 206 cm³/mol. The number of nitrogens with zero attached hydrogens (tertiary/aromatic N) is 3. The molecule has 318 valence electrons. The van der Waals surface area contributed by atoms with Gasteiger partial charge < -0.3 is 29.7 Å². The van der Waals surface area contributed by atoms with Gasteiger partial charge in [0.25, 0.3) is 5.91 Å². The largest absolute Gasteiger partial charge is 0.497 e. The van der Waals surface area contributed by atoms with E-state index in [4.69, 9.17) is 24.2 Å². The number of halogens is 2. The standard InChI is InChI=1S/C40H54F2N6O9S/c1-7-24-29-20-48(30(24)33(49)46-40(19-25(40)32(41)42)36(51)47-58(53,54)39(5)14-15-39)35(50)31(38(2,3)4)45-37(52)56-23-16-21(17-23)10-8-9-11-27-34(57-29)44-28-18-22(55-6)12-13-26(28)43-27/h12-13,18,21,23-25,29-32H,7-11,14-17,19-20H2,1-6H3,(H,45,52)(H,46,49)(H,47,51)/t21?,23?,24-,25+,29+,30+,31-,40-/m1/s1. The van der Waals surface area contributed by atoms with E-state index in [9.17, 15) is 36.4 Å². The first-order chi connectivity index (χ1) is 27.3. The number of fused-ring (bicyclic) bond motifs is 8. The van der Waals surface area contributed by atoms with E-state index in [2.05, 4.69) is 10.6 Å². The van der Waals surface area contributed by atoms with Gasteiger partial charge in [-0.25, -0.2) is 32.0 Å². The Kier molecular flexibility index (Phi) is 11.1. The van der Waals surface area contributed by atoms with Gasteiger partial charge >= 0.3 is 6.09 Å². The molecule has 4 bridgehead atoms. The lowest BCUT2D eigenvalue weighted by Gasteiger charge is -2.38. The van der Waals surface area contributed by atoms with Gasteiger partial charge in [-0.05, 0) is 81.8 Å². The van der Waals surface area contributed by atoms with Crippen molar-refractivity contribution in [1.29, 1.82) is 0 Å². The van der Waals surface area contributed by atoms with Crippen molar-refractivity contribution in [2.75, 3.05) is 13.7 Å². The van der Waals surface area contributed by atoms with Crippen LogP contribution in [0.3, 0.4) is 0 Å². The maximum Gasteiger partial charge on any atom is 0.408 e. The van der Waals surface area contributed by atoms with Crippen LogP contribution in [0.25, 0.3) is 11.0 Å². The van der Waals surface area contributed by atoms with Crippen molar-refractivity contribution in [2.24, 2.45) is 23.2 Å². The number of carbonyl (C=O) groups is 4. The van der Waals surface area contributed by atoms with Gasteiger partial charge in [-0.3, -0.25) is 19.1 Å². The molecule has 15 nitrogen and oxygen atoms in total. The van der Waals surface area contributed by atoms with E-state index in [1.54, 1.807) is 45.9 Å². The molecule has 3 aliphatic heterocycles. The Morgan fingerprint density at radius 3 is 2.45 bits per heavy atom. The number of aromatic nitrogens is 2. The van der Waals surface area contributed by atoms with E-state index in [1.165, 1.54) is 18.9 Å². The number of alkyl halides is 2. The van der Waals surface area contributed by atoms with Crippen LogP contribution in [-0.2, 0) is 35.6 Å². The van der Waals surface area contributed by atoms with E-state index in [-0.39, 0.29) is 24.9 Å². The maximum atomic E-state index is 14.8. The Balaban J connectivity index is 1.27. The maximum absolute atomic E-state index is 14.8. The lowest BCUT2D eigenvalue weighted by atomic mass is 9.79. The summed E-state index contributed by atoms with van der Waals surface area (Å²) < 4.78 is 73.5. The average Bonchev–Trinajstić information content (AvgIpc) is 4.04. The molecule has 8 rings (SSSR count). The highest BCUT2D eigenvalue weighted by Gasteiger charge is 2.68. The summed E-state index contributed by atoms with van der Waals surface area (Å²) in [6.07, 6.45) is -0.206. The van der Waals surface area contributed by atoms with Crippen LogP contribution in [0, 0.1) is 23.2 Å². The van der Waals surface area contributed by atoms with Crippen molar-refractivity contribution >= 4 is 44.9 Å². The molecular formula is C40H54F2N6O9S. The van der Waals surface area contributed by atoms with Crippen molar-refractivity contribution < 1.29 is 50.6 Å². The summed E-state index contributed by atoms with van der Waals surface area (Å²) in [7, 11) is -2.71. The second kappa shape index (κ2) is 15.4. The first-order valence-electron chi connectivity index (χ1n) is 20.2. The normalized spacial score (nSPS) is 31.1. The third-order valence-electron chi connectivity index (χ3n) is 12.8. The van der Waals surface area contributed by atoms with Crippen LogP contribution in [-0.4, -0.2) is 102 Å². The number of alkyl carbamates (subject to hydrolysis) is 1. The van der Waals surface area contributed by atoms with Gasteiger partial charge in [-0.1, -0.05) is 40.5 Å². The minimum atomic E-state index is -4.24. The van der Waals surface area contributed by atoms with Crippen LogP contribution < -0.4 is 24.8 Å². The number of benzene rings is 1. The smallest absolute Gasteiger partial charge is 0.408 e. The second-order valence-electron chi connectivity index (χ2n) is 18.0. The molecule has 0 radical (unpaired) electrons. The van der Waals surface area contributed by atoms with Crippen molar-refractivity contribution in [3.8, 4) is 11.6 Å². The number of hydrogen-bond donors (Lipinski definition) is 3. The molecule has 18 heteroatoms. The third-order valence-corrected chi connectivity index (χ3v) is 15.0. The van der Waals surface area contributed by atoms with E-state index >= 15 is 0 Å². The summed E-state index contributed by atoms with van der Waals surface area (Å²) in [6, 6.07) is 2.72. The quantitative estimate of drug-likeness (QED) is 0.341. The number of amides is 4. The predicted octanol–water partition coefficient (Wildman–Crippen LogP) is 4.41. The number of hydrogen-bond acceptors (Lipinski definition) is 11. The van der Waals surface area contributed by atoms with E-state index in [0.717, 1.165) is 19.3 Å². The number of rotatable bonds is 8. The molecular weight excluding hydrogens is 779 g/mol. The summed E-state index contributed by atoms with van der Waals surface area (Å²) in [5.41, 5.74) is -1.43. The molecule has 58 heavy (non-hydrogen) atoms. The molecule has 4 amide bonds. The molecule has 3 N–H and O–H groups in total. The fourth-order valence-corrected chi connectivity index (χ4v) is 9.92. The van der Waals surface area contributed by atoms with Crippen LogP contribution >= 0.6 is 0 Å². The molecule has 2 aromatic rings. The monoisotopic (exact) mass is 832 g/mol. The molecule has 1 saturated heterocycles. The highest BCUT2D eigenvalue weighted by atomic mass is 32.2. The number of sulfonamides is 1. The fourth-order valence-electron chi connectivity index (χ4n) is 8.61. The Bertz CT molecular complexity index is 2070. The summed E-state index contributed by atoms with van der Waals surface area (Å²) in [4.78, 5) is 67.6. The van der Waals surface area contributed by atoms with Gasteiger partial charge in [-0.2, -0.15) is 0 Å². The summed E-state index contributed by atoms with van der Waals surface area (Å²) >= 11 is 0. The SMILES string of the molecule is CC[C@@H]1[C@@H]2CN(C(=O)[C@H](C(C)(C)C)NC(=O)OC3CC(CCCCc4nc5ccc(OC)cc5nc4O2)C3)[C@@H]1C(=O)N[C@]1(C(=O)NS(=O)(=O)C2(C)CC2)C[C@H]1C(F)F. The van der Waals surface area contributed by atoms with E-state index in [1.807, 2.05) is 4.72 Å². The molecule has 3 aliphatic carbocycles. The van der Waals surface area contributed by atoms with Gasteiger partial charge in [0.05, 0.1) is 35.4 Å². The van der Waals surface area contributed by atoms with Crippen molar-refractivity contribution in [1.82, 2.24) is 30.2 Å². The zero-order valence-corrected chi connectivity index (χ0v) is 34.6. The molecule has 4 heterocycles. The van der Waals surface area contributed by atoms with Crippen LogP contribution in [0.4, 0.5) is 13.6 Å². The van der Waals surface area contributed by atoms with Crippen LogP contribution in [0.15, 0.2) is 18.2 Å². The Hall–Kier alpha value is -4.35. The molecule has 6 aliphatic rings. The van der Waals surface area contributed by atoms with Crippen molar-refractivity contribution in [2.45, 2.75) is 140 Å². The first-order valence-corrected chi connectivity index (χ1v) is 21.7. The minimum absolute atomic E-state index is 0.176. The first kappa shape index (κ1) is 41.8. The van der Waals surface area contributed by atoms with E-state index < -0.39 is 92.4 Å². The molecule has 0 spiro atoms. The number of aryl methyl sites for hydroxylation is 1. The van der Waals surface area contributed by atoms with Crippen LogP contribution in [0.5, 0.6) is 11.6 Å². The fraction of sp³-hybridized carbons (Fsp3) is 0.700. The van der Waals surface area contributed by atoms with Gasteiger partial charge in [0.1, 0.15) is 41.3 Å². The molecule has 6 atom stereocenters. The third kappa shape index (κ3) is 8.01. The zero-order valence-electron chi connectivity index (χ0n) is 33.8. The average molecular weight is 833 g/mol. The number of ether oxygens (including phenoxy) is 3. The molecule has 0 unspecified atom stereocenters.